The first-order chi connectivity index (χ1) is 13.9. The Bertz CT molecular complexity index is 928. The molecule has 29 heavy (non-hydrogen) atoms. The van der Waals surface area contributed by atoms with Crippen molar-refractivity contribution in [2.75, 3.05) is 20.8 Å². The van der Waals surface area contributed by atoms with Crippen LogP contribution < -0.4 is 9.47 Å². The third kappa shape index (κ3) is 3.42. The van der Waals surface area contributed by atoms with E-state index in [2.05, 4.69) is 15.9 Å². The Balaban J connectivity index is 1.77. The van der Waals surface area contributed by atoms with E-state index >= 15 is 0 Å². The lowest BCUT2D eigenvalue weighted by atomic mass is 9.80. The summed E-state index contributed by atoms with van der Waals surface area (Å²) in [6.45, 7) is 0.661. The average molecular weight is 470 g/mol. The van der Waals surface area contributed by atoms with Crippen LogP contribution in [0.5, 0.6) is 11.5 Å². The molecule has 0 spiro atoms. The molecule has 1 heterocycles. The van der Waals surface area contributed by atoms with Gasteiger partial charge in [-0.05, 0) is 40.9 Å². The molecule has 2 aromatic rings. The van der Waals surface area contributed by atoms with Crippen LogP contribution in [0.4, 0.5) is 8.78 Å². The fraction of sp³-hybridized carbons (Fsp3) is 0.429. The van der Waals surface area contributed by atoms with Gasteiger partial charge in [-0.2, -0.15) is 5.06 Å². The van der Waals surface area contributed by atoms with E-state index in [9.17, 15) is 13.9 Å². The van der Waals surface area contributed by atoms with Crippen molar-refractivity contribution >= 4 is 15.9 Å². The molecule has 4 rings (SSSR count). The highest BCUT2D eigenvalue weighted by molar-refractivity contribution is 9.10. The Morgan fingerprint density at radius 1 is 1.21 bits per heavy atom. The van der Waals surface area contributed by atoms with Gasteiger partial charge in [0, 0.05) is 29.2 Å². The summed E-state index contributed by atoms with van der Waals surface area (Å²) in [5.41, 5.74) is 0.249. The van der Waals surface area contributed by atoms with Gasteiger partial charge >= 0.3 is 0 Å². The van der Waals surface area contributed by atoms with Crippen LogP contribution in [0.1, 0.15) is 24.0 Å². The van der Waals surface area contributed by atoms with E-state index < -0.39 is 23.3 Å². The summed E-state index contributed by atoms with van der Waals surface area (Å²) in [5, 5.41) is 12.1. The quantitative estimate of drug-likeness (QED) is 0.666. The number of fused-ring (bicyclic) bond motifs is 1. The first-order valence-corrected chi connectivity index (χ1v) is 10.1. The molecule has 3 atom stereocenters. The van der Waals surface area contributed by atoms with Crippen molar-refractivity contribution < 1.29 is 28.2 Å². The van der Waals surface area contributed by atoms with Crippen molar-refractivity contribution in [3.8, 4) is 11.5 Å². The number of nitrogens with zero attached hydrogens (tertiary/aromatic N) is 1. The second kappa shape index (κ2) is 7.83. The zero-order valence-electron chi connectivity index (χ0n) is 16.1. The summed E-state index contributed by atoms with van der Waals surface area (Å²) in [4.78, 5) is 5.97. The standard InChI is InChI=1S/C21H22BrF2NO4/c1-27-15-4-3-12(20(6-15)28-2)10-25-21(9-14(26)5-13(21)11-29-25)16-7-17(22)19(24)8-18(16)23/h3-4,6-8,13-14,26H,5,9-11H2,1-2H3. The number of benzene rings is 2. The summed E-state index contributed by atoms with van der Waals surface area (Å²) in [6, 6.07) is 7.79. The summed E-state index contributed by atoms with van der Waals surface area (Å²) < 4.78 is 39.7. The van der Waals surface area contributed by atoms with Crippen LogP contribution in [0.3, 0.4) is 0 Å². The van der Waals surface area contributed by atoms with Gasteiger partial charge in [0.25, 0.3) is 0 Å². The summed E-state index contributed by atoms with van der Waals surface area (Å²) in [6.07, 6.45) is 0.197. The molecule has 0 bridgehead atoms. The fourth-order valence-corrected chi connectivity index (χ4v) is 4.92. The zero-order chi connectivity index (χ0) is 20.8. The molecule has 3 unspecified atom stereocenters. The SMILES string of the molecule is COc1ccc(CN2OCC3CC(O)CC32c2cc(Br)c(F)cc2F)c(OC)c1. The number of rotatable bonds is 5. The van der Waals surface area contributed by atoms with E-state index in [-0.39, 0.29) is 10.4 Å². The molecule has 1 aliphatic heterocycles. The molecule has 2 fully saturated rings. The van der Waals surface area contributed by atoms with Crippen LogP contribution in [-0.4, -0.2) is 37.1 Å². The molecule has 2 aliphatic rings. The summed E-state index contributed by atoms with van der Waals surface area (Å²) in [7, 11) is 3.14. The highest BCUT2D eigenvalue weighted by Gasteiger charge is 2.58. The molecule has 1 saturated carbocycles. The maximum absolute atomic E-state index is 14.9. The number of hydrogen-bond donors (Lipinski definition) is 1. The van der Waals surface area contributed by atoms with Crippen molar-refractivity contribution in [3.63, 3.8) is 0 Å². The van der Waals surface area contributed by atoms with Crippen molar-refractivity contribution in [1.82, 2.24) is 5.06 Å². The van der Waals surface area contributed by atoms with Gasteiger partial charge in [-0.25, -0.2) is 8.78 Å². The molecule has 0 radical (unpaired) electrons. The Labute approximate surface area is 176 Å². The fourth-order valence-electron chi connectivity index (χ4n) is 4.58. The van der Waals surface area contributed by atoms with Crippen molar-refractivity contribution in [1.29, 1.82) is 0 Å². The average Bonchev–Trinajstić information content (AvgIpc) is 3.20. The van der Waals surface area contributed by atoms with Gasteiger partial charge in [0.1, 0.15) is 23.1 Å². The molecule has 156 valence electrons. The van der Waals surface area contributed by atoms with Crippen LogP contribution in [0, 0.1) is 17.6 Å². The lowest BCUT2D eigenvalue weighted by Gasteiger charge is -2.37. The maximum Gasteiger partial charge on any atom is 0.140 e. The van der Waals surface area contributed by atoms with E-state index in [1.54, 1.807) is 25.3 Å². The predicted molar refractivity (Wildman–Crippen MR) is 106 cm³/mol. The Kier molecular flexibility index (Phi) is 5.54. The van der Waals surface area contributed by atoms with E-state index in [0.29, 0.717) is 43.1 Å². The van der Waals surface area contributed by atoms with Crippen LogP contribution in [0.25, 0.3) is 0 Å². The maximum atomic E-state index is 14.9. The van der Waals surface area contributed by atoms with Crippen LogP contribution in [0.15, 0.2) is 34.8 Å². The van der Waals surface area contributed by atoms with E-state index in [4.69, 9.17) is 14.3 Å². The third-order valence-corrected chi connectivity index (χ3v) is 6.55. The van der Waals surface area contributed by atoms with Crippen molar-refractivity contribution in [2.45, 2.75) is 31.0 Å². The molecule has 0 aromatic heterocycles. The highest BCUT2D eigenvalue weighted by Crippen LogP contribution is 2.54. The second-order valence-corrected chi connectivity index (χ2v) is 8.33. The minimum atomic E-state index is -0.898. The third-order valence-electron chi connectivity index (χ3n) is 5.94. The minimum Gasteiger partial charge on any atom is -0.497 e. The van der Waals surface area contributed by atoms with Gasteiger partial charge in [0.05, 0.1) is 43.5 Å². The predicted octanol–water partition coefficient (Wildman–Crippen LogP) is 4.16. The number of ether oxygens (including phenoxy) is 2. The number of hydroxylamine groups is 2. The first-order valence-electron chi connectivity index (χ1n) is 9.33. The van der Waals surface area contributed by atoms with Gasteiger partial charge in [-0.15, -0.1) is 0 Å². The van der Waals surface area contributed by atoms with E-state index in [1.165, 1.54) is 6.07 Å². The number of methoxy groups -OCH3 is 2. The van der Waals surface area contributed by atoms with Crippen LogP contribution in [0.2, 0.25) is 0 Å². The molecule has 0 amide bonds. The van der Waals surface area contributed by atoms with Crippen molar-refractivity contribution in [3.05, 3.63) is 57.6 Å². The molecule has 2 aromatic carbocycles. The number of halogens is 3. The van der Waals surface area contributed by atoms with Gasteiger partial charge in [0.15, 0.2) is 0 Å². The van der Waals surface area contributed by atoms with Crippen LogP contribution >= 0.6 is 15.9 Å². The summed E-state index contributed by atoms with van der Waals surface area (Å²) in [5.74, 6) is -0.160. The number of hydrogen-bond acceptors (Lipinski definition) is 5. The lowest BCUT2D eigenvalue weighted by Crippen LogP contribution is -2.43. The van der Waals surface area contributed by atoms with E-state index in [0.717, 1.165) is 11.6 Å². The minimum absolute atomic E-state index is 0.117. The van der Waals surface area contributed by atoms with E-state index in [1.807, 2.05) is 12.1 Å². The Hall–Kier alpha value is -1.74. The zero-order valence-corrected chi connectivity index (χ0v) is 17.7. The monoisotopic (exact) mass is 469 g/mol. The number of aliphatic hydroxyl groups excluding tert-OH is 1. The van der Waals surface area contributed by atoms with Gasteiger partial charge in [-0.1, -0.05) is 6.07 Å². The topological polar surface area (TPSA) is 51.2 Å². The first kappa shape index (κ1) is 20.5. The largest absolute Gasteiger partial charge is 0.497 e. The second-order valence-electron chi connectivity index (χ2n) is 7.47. The Morgan fingerprint density at radius 2 is 2.00 bits per heavy atom. The lowest BCUT2D eigenvalue weighted by molar-refractivity contribution is -0.181. The molecule has 5 nitrogen and oxygen atoms in total. The molecule has 8 heteroatoms. The van der Waals surface area contributed by atoms with Gasteiger partial charge in [0.2, 0.25) is 0 Å². The van der Waals surface area contributed by atoms with Crippen LogP contribution in [-0.2, 0) is 16.9 Å². The summed E-state index contributed by atoms with van der Waals surface area (Å²) >= 11 is 3.16. The van der Waals surface area contributed by atoms with Gasteiger partial charge < -0.3 is 14.6 Å². The molecule has 1 N–H and O–H groups in total. The molecular formula is C21H22BrF2NO4. The normalized spacial score (nSPS) is 26.6. The van der Waals surface area contributed by atoms with Crippen molar-refractivity contribution in [2.24, 2.45) is 5.92 Å². The molecule has 1 saturated heterocycles. The smallest absolute Gasteiger partial charge is 0.140 e. The molecule has 1 aliphatic carbocycles. The van der Waals surface area contributed by atoms with Gasteiger partial charge in [-0.3, -0.25) is 4.84 Å². The molecular weight excluding hydrogens is 448 g/mol. The highest BCUT2D eigenvalue weighted by atomic mass is 79.9. The number of aliphatic hydroxyl groups is 1. The Morgan fingerprint density at radius 3 is 2.72 bits per heavy atom.